The third-order valence-electron chi connectivity index (χ3n) is 11.4. The summed E-state index contributed by atoms with van der Waals surface area (Å²) in [4.78, 5) is 0. The van der Waals surface area contributed by atoms with E-state index in [0.717, 1.165) is 12.1 Å². The van der Waals surface area contributed by atoms with E-state index in [9.17, 15) is 0 Å². The Morgan fingerprint density at radius 1 is 0.510 bits per heavy atom. The first kappa shape index (κ1) is 35.3. The van der Waals surface area contributed by atoms with Crippen molar-refractivity contribution in [3.63, 3.8) is 0 Å². The molecule has 2 unspecified atom stereocenters. The predicted molar refractivity (Wildman–Crippen MR) is 210 cm³/mol. The minimum Gasteiger partial charge on any atom is -0.371 e. The molecule has 49 heavy (non-hydrogen) atoms. The first-order valence-corrected chi connectivity index (χ1v) is 20.7. The largest absolute Gasteiger partial charge is 0.371 e. The Hall–Kier alpha value is -3.50. The average Bonchev–Trinajstić information content (AvgIpc) is 3.55. The highest BCUT2D eigenvalue weighted by Gasteiger charge is 2.68. The first-order valence-electron chi connectivity index (χ1n) is 18.3. The maximum atomic E-state index is 6.23. The van der Waals surface area contributed by atoms with Crippen LogP contribution in [0.4, 0.5) is 0 Å². The highest BCUT2D eigenvalue weighted by Crippen LogP contribution is 2.65. The zero-order chi connectivity index (χ0) is 35.2. The Bertz CT molecular complexity index is 1730. The van der Waals surface area contributed by atoms with Crippen molar-refractivity contribution in [2.45, 2.75) is 116 Å². The molecule has 0 saturated carbocycles. The fraction of sp³-hybridized carbons (Fsp3) is 0.391. The lowest BCUT2D eigenvalue weighted by Crippen LogP contribution is -2.69. The van der Waals surface area contributed by atoms with Gasteiger partial charge in [0.05, 0.1) is 32.5 Å². The van der Waals surface area contributed by atoms with Crippen molar-refractivity contribution in [3.05, 3.63) is 153 Å². The minimum absolute atomic E-state index is 0.184. The van der Waals surface area contributed by atoms with Crippen LogP contribution >= 0.6 is 0 Å². The molecule has 0 N–H and O–H groups in total. The molecule has 0 bridgehead atoms. The molecule has 256 valence electrons. The summed E-state index contributed by atoms with van der Waals surface area (Å²) in [6.07, 6.45) is 5.00. The molecular formula is C46H56O2Si. The fourth-order valence-corrected chi connectivity index (χ4v) is 17.3. The van der Waals surface area contributed by atoms with Crippen LogP contribution in [0.3, 0.4) is 0 Å². The molecule has 0 amide bonds. The van der Waals surface area contributed by atoms with E-state index in [2.05, 4.69) is 178 Å². The lowest BCUT2D eigenvalue weighted by Gasteiger charge is -2.60. The van der Waals surface area contributed by atoms with E-state index in [-0.39, 0.29) is 21.3 Å². The van der Waals surface area contributed by atoms with E-state index in [1.807, 2.05) is 0 Å². The van der Waals surface area contributed by atoms with Gasteiger partial charge in [-0.05, 0) is 99.9 Å². The molecule has 0 spiro atoms. The second-order valence-electron chi connectivity index (χ2n) is 16.3. The summed E-state index contributed by atoms with van der Waals surface area (Å²) in [5.74, 6) is 0. The van der Waals surface area contributed by atoms with Crippen molar-refractivity contribution < 1.29 is 9.47 Å². The number of benzene rings is 4. The molecule has 2 aliphatic carbocycles. The maximum Gasteiger partial charge on any atom is 0.0962 e. The zero-order valence-electron chi connectivity index (χ0n) is 31.5. The minimum atomic E-state index is -2.62. The van der Waals surface area contributed by atoms with Crippen LogP contribution < -0.4 is 0 Å². The van der Waals surface area contributed by atoms with Crippen LogP contribution in [0.15, 0.2) is 108 Å². The van der Waals surface area contributed by atoms with E-state index in [1.165, 1.54) is 55.7 Å². The van der Waals surface area contributed by atoms with Gasteiger partial charge in [-0.15, -0.1) is 0 Å². The lowest BCUT2D eigenvalue weighted by atomic mass is 9.85. The second-order valence-corrected chi connectivity index (χ2v) is 21.4. The van der Waals surface area contributed by atoms with Crippen LogP contribution in [0, 0.1) is 0 Å². The van der Waals surface area contributed by atoms with Gasteiger partial charge < -0.3 is 9.47 Å². The van der Waals surface area contributed by atoms with E-state index >= 15 is 0 Å². The van der Waals surface area contributed by atoms with E-state index < -0.39 is 8.07 Å². The molecular weight excluding hydrogens is 613 g/mol. The highest BCUT2D eigenvalue weighted by atomic mass is 28.3. The number of rotatable bonds is 10. The summed E-state index contributed by atoms with van der Waals surface area (Å²) in [5, 5.41) is -0.506. The smallest absolute Gasteiger partial charge is 0.0962 e. The third-order valence-corrected chi connectivity index (χ3v) is 18.6. The Labute approximate surface area is 297 Å². The van der Waals surface area contributed by atoms with Crippen molar-refractivity contribution in [1.82, 2.24) is 0 Å². The molecule has 0 fully saturated rings. The number of hydrogen-bond donors (Lipinski definition) is 0. The molecule has 0 aromatic heterocycles. The van der Waals surface area contributed by atoms with Crippen LogP contribution in [0.25, 0.3) is 12.2 Å². The molecule has 4 aromatic carbocycles. The second kappa shape index (κ2) is 13.0. The first-order chi connectivity index (χ1) is 23.2. The Balaban J connectivity index is 1.65. The molecule has 2 aliphatic rings. The topological polar surface area (TPSA) is 18.5 Å². The van der Waals surface area contributed by atoms with Crippen LogP contribution in [-0.2, 0) is 32.8 Å². The van der Waals surface area contributed by atoms with Gasteiger partial charge in [-0.2, -0.15) is 0 Å². The summed E-state index contributed by atoms with van der Waals surface area (Å²) in [6.45, 7) is 23.8. The maximum absolute atomic E-state index is 6.23. The molecule has 2 nitrogen and oxygen atoms in total. The normalized spacial score (nSPS) is 20.5. The van der Waals surface area contributed by atoms with Gasteiger partial charge in [0.2, 0.25) is 0 Å². The van der Waals surface area contributed by atoms with Gasteiger partial charge in [-0.1, -0.05) is 146 Å². The van der Waals surface area contributed by atoms with Crippen molar-refractivity contribution in [3.8, 4) is 0 Å². The molecule has 6 rings (SSSR count). The fourth-order valence-electron chi connectivity index (χ4n) is 9.52. The van der Waals surface area contributed by atoms with Gasteiger partial charge in [0, 0.05) is 10.1 Å². The van der Waals surface area contributed by atoms with Gasteiger partial charge in [-0.3, -0.25) is 0 Å². The van der Waals surface area contributed by atoms with E-state index in [1.54, 1.807) is 0 Å². The van der Waals surface area contributed by atoms with E-state index in [4.69, 9.17) is 9.47 Å². The van der Waals surface area contributed by atoms with E-state index in [0.29, 0.717) is 13.2 Å². The number of hydrogen-bond acceptors (Lipinski definition) is 2. The Morgan fingerprint density at radius 3 is 1.18 bits per heavy atom. The summed E-state index contributed by atoms with van der Waals surface area (Å²) in [6, 6.07) is 39.8. The van der Waals surface area contributed by atoms with Gasteiger partial charge >= 0.3 is 0 Å². The average molecular weight is 669 g/mol. The van der Waals surface area contributed by atoms with Gasteiger partial charge in [0.25, 0.3) is 0 Å². The van der Waals surface area contributed by atoms with Crippen molar-refractivity contribution >= 4 is 20.2 Å². The zero-order valence-corrected chi connectivity index (χ0v) is 32.5. The Morgan fingerprint density at radius 2 is 0.857 bits per heavy atom. The van der Waals surface area contributed by atoms with Crippen molar-refractivity contribution in [2.24, 2.45) is 0 Å². The molecule has 2 atom stereocenters. The molecule has 0 saturated heterocycles. The summed E-state index contributed by atoms with van der Waals surface area (Å²) >= 11 is 0. The SMILES string of the molecule is CC[Si](CC)(C1(c2ccc(COC(C)(C)C)cc2)C(C)=Cc2ccccc21)C1(c2ccc(COC(C)(C)C)cc2)C(C)=Cc2ccccc21. The summed E-state index contributed by atoms with van der Waals surface area (Å²) in [5.41, 5.74) is 13.5. The van der Waals surface area contributed by atoms with Gasteiger partial charge in [-0.25, -0.2) is 0 Å². The van der Waals surface area contributed by atoms with Crippen LogP contribution in [-0.4, -0.2) is 19.3 Å². The lowest BCUT2D eigenvalue weighted by molar-refractivity contribution is -0.0152. The quantitative estimate of drug-likeness (QED) is 0.157. The Kier molecular flexibility index (Phi) is 9.37. The third kappa shape index (κ3) is 5.72. The molecule has 4 aromatic rings. The summed E-state index contributed by atoms with van der Waals surface area (Å²) < 4.78 is 12.5. The van der Waals surface area contributed by atoms with Crippen LogP contribution in [0.5, 0.6) is 0 Å². The number of ether oxygens (including phenoxy) is 2. The van der Waals surface area contributed by atoms with Gasteiger partial charge in [0.1, 0.15) is 0 Å². The number of fused-ring (bicyclic) bond motifs is 2. The van der Waals surface area contributed by atoms with Crippen LogP contribution in [0.2, 0.25) is 12.1 Å². The van der Waals surface area contributed by atoms with Gasteiger partial charge in [0.15, 0.2) is 0 Å². The standard InChI is InChI=1S/C46H56O2Si/c1-11-49(12-2,45(33(3)29-37-17-13-15-19-41(37)45)39-25-21-35(22-26-39)31-47-43(5,6)7)46(34(4)30-38-18-14-16-20-42(38)46)40-27-23-36(24-28-40)32-48-44(8,9)10/h13-30H,11-12,31-32H2,1-10H3. The predicted octanol–water partition coefficient (Wildman–Crippen LogP) is 12.0. The van der Waals surface area contributed by atoms with Crippen molar-refractivity contribution in [2.75, 3.05) is 0 Å². The van der Waals surface area contributed by atoms with Crippen molar-refractivity contribution in [1.29, 1.82) is 0 Å². The summed E-state index contributed by atoms with van der Waals surface area (Å²) in [7, 11) is -2.62. The highest BCUT2D eigenvalue weighted by molar-refractivity contribution is 6.88. The number of allylic oxidation sites excluding steroid dienone is 2. The monoisotopic (exact) mass is 668 g/mol. The molecule has 3 heteroatoms. The van der Waals surface area contributed by atoms with Crippen LogP contribution in [0.1, 0.15) is 114 Å². The molecule has 0 aliphatic heterocycles. The molecule has 0 heterocycles. The molecule has 0 radical (unpaired) electrons.